The Kier molecular flexibility index (Phi) is 5.11. The van der Waals surface area contributed by atoms with Gasteiger partial charge in [-0.3, -0.25) is 0 Å². The Morgan fingerprint density at radius 1 is 0.957 bits per heavy atom. The van der Waals surface area contributed by atoms with E-state index in [9.17, 15) is 0 Å². The molecule has 0 amide bonds. The fourth-order valence-corrected chi connectivity index (χ4v) is 3.12. The van der Waals surface area contributed by atoms with Gasteiger partial charge in [0.1, 0.15) is 0 Å². The van der Waals surface area contributed by atoms with Crippen LogP contribution in [0.4, 0.5) is 0 Å². The third-order valence-corrected chi connectivity index (χ3v) is 4.21. The number of rotatable bonds is 7. The molecular weight excluding hydrogens is 286 g/mol. The third kappa shape index (κ3) is 3.46. The number of methoxy groups -OCH3 is 1. The summed E-state index contributed by atoms with van der Waals surface area (Å²) in [5.74, 6) is 0.212. The van der Waals surface area contributed by atoms with Crippen LogP contribution in [-0.2, 0) is 9.47 Å². The molecule has 0 bridgehead atoms. The number of H-pyrrole nitrogens is 1. The summed E-state index contributed by atoms with van der Waals surface area (Å²) in [7, 11) is 1.70. The van der Waals surface area contributed by atoms with E-state index in [0.717, 1.165) is 0 Å². The van der Waals surface area contributed by atoms with Gasteiger partial charge in [0, 0.05) is 29.6 Å². The Bertz CT molecular complexity index is 749. The molecule has 3 nitrogen and oxygen atoms in total. The summed E-state index contributed by atoms with van der Waals surface area (Å²) in [6.45, 7) is 4.02. The molecule has 120 valence electrons. The van der Waals surface area contributed by atoms with Crippen LogP contribution in [0.1, 0.15) is 22.7 Å². The first-order valence-corrected chi connectivity index (χ1v) is 8.00. The maximum atomic E-state index is 5.88. The van der Waals surface area contributed by atoms with Crippen LogP contribution in [0.2, 0.25) is 0 Å². The number of hydrogen-bond donors (Lipinski definition) is 1. The molecule has 1 atom stereocenters. The standard InChI is InChI=1S/C20H23NO2/c1-15-20(17-10-6-7-11-19(17)21-15)18(14-23-13-12-22-2)16-8-4-3-5-9-16/h3-11,18,21H,12-14H2,1-2H3/t18-/m0/s1. The van der Waals surface area contributed by atoms with Gasteiger partial charge in [-0.2, -0.15) is 0 Å². The van der Waals surface area contributed by atoms with Crippen molar-refractivity contribution in [2.75, 3.05) is 26.9 Å². The van der Waals surface area contributed by atoms with Crippen LogP contribution in [0.25, 0.3) is 10.9 Å². The molecule has 0 spiro atoms. The molecule has 1 N–H and O–H groups in total. The van der Waals surface area contributed by atoms with Crippen LogP contribution >= 0.6 is 0 Å². The van der Waals surface area contributed by atoms with Crippen LogP contribution in [0, 0.1) is 6.92 Å². The Labute approximate surface area is 137 Å². The second-order valence-corrected chi connectivity index (χ2v) is 5.74. The lowest BCUT2D eigenvalue weighted by molar-refractivity contribution is 0.0671. The molecule has 0 radical (unpaired) electrons. The van der Waals surface area contributed by atoms with E-state index in [1.54, 1.807) is 7.11 Å². The van der Waals surface area contributed by atoms with Crippen molar-refractivity contribution < 1.29 is 9.47 Å². The van der Waals surface area contributed by atoms with E-state index in [2.05, 4.69) is 66.5 Å². The molecular formula is C20H23NO2. The van der Waals surface area contributed by atoms with Gasteiger partial charge in [-0.15, -0.1) is 0 Å². The SMILES string of the molecule is COCCOC[C@@H](c1ccccc1)c1c(C)[nH]c2ccccc12. The number of hydrogen-bond acceptors (Lipinski definition) is 2. The smallest absolute Gasteiger partial charge is 0.0700 e. The van der Waals surface area contributed by atoms with Crippen molar-refractivity contribution in [3.05, 3.63) is 71.4 Å². The molecule has 0 saturated heterocycles. The van der Waals surface area contributed by atoms with E-state index in [-0.39, 0.29) is 5.92 Å². The minimum absolute atomic E-state index is 0.212. The third-order valence-electron chi connectivity index (χ3n) is 4.21. The Hall–Kier alpha value is -2.10. The summed E-state index contributed by atoms with van der Waals surface area (Å²) in [5.41, 5.74) is 4.98. The van der Waals surface area contributed by atoms with Crippen molar-refractivity contribution in [1.82, 2.24) is 4.98 Å². The van der Waals surface area contributed by atoms with E-state index in [1.807, 2.05) is 0 Å². The highest BCUT2D eigenvalue weighted by Gasteiger charge is 2.20. The fourth-order valence-electron chi connectivity index (χ4n) is 3.12. The van der Waals surface area contributed by atoms with Gasteiger partial charge in [0.05, 0.1) is 19.8 Å². The molecule has 0 unspecified atom stereocenters. The average Bonchev–Trinajstić information content (AvgIpc) is 2.92. The van der Waals surface area contributed by atoms with Gasteiger partial charge < -0.3 is 14.5 Å². The molecule has 3 heteroatoms. The number of fused-ring (bicyclic) bond motifs is 1. The number of benzene rings is 2. The van der Waals surface area contributed by atoms with E-state index < -0.39 is 0 Å². The predicted molar refractivity (Wildman–Crippen MR) is 94.0 cm³/mol. The summed E-state index contributed by atoms with van der Waals surface area (Å²) in [6, 6.07) is 19.0. The van der Waals surface area contributed by atoms with Crippen molar-refractivity contribution in [3.63, 3.8) is 0 Å². The summed E-state index contributed by atoms with van der Waals surface area (Å²) in [6.07, 6.45) is 0. The number of aromatic nitrogens is 1. The minimum Gasteiger partial charge on any atom is -0.382 e. The monoisotopic (exact) mass is 309 g/mol. The lowest BCUT2D eigenvalue weighted by atomic mass is 9.90. The molecule has 0 aliphatic rings. The molecule has 1 heterocycles. The van der Waals surface area contributed by atoms with Crippen molar-refractivity contribution >= 4 is 10.9 Å². The van der Waals surface area contributed by atoms with Crippen molar-refractivity contribution in [2.45, 2.75) is 12.8 Å². The molecule has 3 aromatic rings. The Morgan fingerprint density at radius 3 is 2.48 bits per heavy atom. The van der Waals surface area contributed by atoms with Crippen LogP contribution < -0.4 is 0 Å². The van der Waals surface area contributed by atoms with Crippen LogP contribution in [0.5, 0.6) is 0 Å². The molecule has 23 heavy (non-hydrogen) atoms. The largest absolute Gasteiger partial charge is 0.382 e. The summed E-state index contributed by atoms with van der Waals surface area (Å²) in [4.78, 5) is 3.50. The highest BCUT2D eigenvalue weighted by Crippen LogP contribution is 2.33. The van der Waals surface area contributed by atoms with Gasteiger partial charge in [-0.25, -0.2) is 0 Å². The molecule has 0 aliphatic heterocycles. The minimum atomic E-state index is 0.212. The van der Waals surface area contributed by atoms with Crippen LogP contribution in [0.15, 0.2) is 54.6 Å². The van der Waals surface area contributed by atoms with Crippen molar-refractivity contribution in [2.24, 2.45) is 0 Å². The molecule has 2 aromatic carbocycles. The highest BCUT2D eigenvalue weighted by atomic mass is 16.5. The van der Waals surface area contributed by atoms with Gasteiger partial charge in [-0.1, -0.05) is 48.5 Å². The Morgan fingerprint density at radius 2 is 1.70 bits per heavy atom. The normalized spacial score (nSPS) is 12.6. The number of para-hydroxylation sites is 1. The maximum Gasteiger partial charge on any atom is 0.0700 e. The van der Waals surface area contributed by atoms with Crippen LogP contribution in [-0.4, -0.2) is 31.9 Å². The highest BCUT2D eigenvalue weighted by molar-refractivity contribution is 5.85. The van der Waals surface area contributed by atoms with Crippen molar-refractivity contribution in [3.8, 4) is 0 Å². The van der Waals surface area contributed by atoms with E-state index in [0.29, 0.717) is 19.8 Å². The fraction of sp³-hybridized carbons (Fsp3) is 0.300. The maximum absolute atomic E-state index is 5.88. The zero-order valence-electron chi connectivity index (χ0n) is 13.7. The van der Waals surface area contributed by atoms with Gasteiger partial charge >= 0.3 is 0 Å². The zero-order valence-corrected chi connectivity index (χ0v) is 13.7. The molecule has 0 aliphatic carbocycles. The van der Waals surface area contributed by atoms with Crippen LogP contribution in [0.3, 0.4) is 0 Å². The summed E-state index contributed by atoms with van der Waals surface area (Å²) in [5, 5.41) is 1.27. The van der Waals surface area contributed by atoms with Gasteiger partial charge in [0.25, 0.3) is 0 Å². The molecule has 1 aromatic heterocycles. The quantitative estimate of drug-likeness (QED) is 0.661. The number of aryl methyl sites for hydroxylation is 1. The van der Waals surface area contributed by atoms with E-state index >= 15 is 0 Å². The molecule has 0 saturated carbocycles. The number of aromatic amines is 1. The van der Waals surface area contributed by atoms with E-state index in [1.165, 1.54) is 27.7 Å². The lowest BCUT2D eigenvalue weighted by Crippen LogP contribution is -2.13. The van der Waals surface area contributed by atoms with Crippen molar-refractivity contribution in [1.29, 1.82) is 0 Å². The summed E-state index contributed by atoms with van der Waals surface area (Å²) < 4.78 is 11.0. The average molecular weight is 309 g/mol. The van der Waals surface area contributed by atoms with Gasteiger partial charge in [0.2, 0.25) is 0 Å². The number of ether oxygens (including phenoxy) is 2. The second kappa shape index (κ2) is 7.44. The first kappa shape index (κ1) is 15.8. The lowest BCUT2D eigenvalue weighted by Gasteiger charge is -2.19. The topological polar surface area (TPSA) is 34.2 Å². The second-order valence-electron chi connectivity index (χ2n) is 5.74. The Balaban J connectivity index is 1.98. The van der Waals surface area contributed by atoms with E-state index in [4.69, 9.17) is 9.47 Å². The summed E-state index contributed by atoms with van der Waals surface area (Å²) >= 11 is 0. The number of nitrogens with one attached hydrogen (secondary N) is 1. The molecule has 0 fully saturated rings. The molecule has 3 rings (SSSR count). The first-order valence-electron chi connectivity index (χ1n) is 8.00. The predicted octanol–water partition coefficient (Wildman–Crippen LogP) is 4.27. The van der Waals surface area contributed by atoms with Gasteiger partial charge in [0.15, 0.2) is 0 Å². The zero-order chi connectivity index (χ0) is 16.1. The van der Waals surface area contributed by atoms with Gasteiger partial charge in [-0.05, 0) is 24.1 Å². The first-order chi connectivity index (χ1) is 11.3.